The second-order valence-electron chi connectivity index (χ2n) is 6.50. The van der Waals surface area contributed by atoms with Crippen molar-refractivity contribution in [2.45, 2.75) is 27.2 Å². The Kier molecular flexibility index (Phi) is 7.05. The van der Waals surface area contributed by atoms with Crippen LogP contribution in [0.2, 0.25) is 0 Å². The van der Waals surface area contributed by atoms with Crippen LogP contribution in [0, 0.1) is 16.0 Å². The summed E-state index contributed by atoms with van der Waals surface area (Å²) in [4.78, 5) is 22.4. The van der Waals surface area contributed by atoms with Crippen molar-refractivity contribution < 1.29 is 14.5 Å². The number of nitro groups is 1. The first-order chi connectivity index (χ1) is 12.9. The number of amides is 1. The molecule has 0 aromatic heterocycles. The van der Waals surface area contributed by atoms with Gasteiger partial charge in [-0.05, 0) is 61.2 Å². The van der Waals surface area contributed by atoms with E-state index in [-0.39, 0.29) is 11.6 Å². The zero-order chi connectivity index (χ0) is 19.8. The Hall–Kier alpha value is -3.22. The minimum Gasteiger partial charge on any atom is -0.494 e. The zero-order valence-corrected chi connectivity index (χ0v) is 15.6. The molecule has 0 atom stereocenters. The van der Waals surface area contributed by atoms with E-state index in [0.29, 0.717) is 29.4 Å². The topological polar surface area (TPSA) is 93.8 Å². The second-order valence-corrected chi connectivity index (χ2v) is 6.50. The van der Waals surface area contributed by atoms with Gasteiger partial charge in [-0.1, -0.05) is 13.8 Å². The summed E-state index contributed by atoms with van der Waals surface area (Å²) in [5.74, 6) is 0.953. The molecule has 0 heterocycles. The highest BCUT2D eigenvalue weighted by atomic mass is 16.6. The van der Waals surface area contributed by atoms with Gasteiger partial charge in [0.2, 0.25) is 0 Å². The van der Waals surface area contributed by atoms with Gasteiger partial charge in [-0.25, -0.2) is 5.43 Å². The monoisotopic (exact) mass is 369 g/mol. The second kappa shape index (κ2) is 9.47. The number of hydrogen-bond acceptors (Lipinski definition) is 5. The predicted molar refractivity (Wildman–Crippen MR) is 104 cm³/mol. The van der Waals surface area contributed by atoms with Crippen LogP contribution in [0.25, 0.3) is 0 Å². The third-order valence-corrected chi connectivity index (χ3v) is 3.90. The van der Waals surface area contributed by atoms with E-state index in [2.05, 4.69) is 24.4 Å². The number of nitro benzene ring substituents is 1. The van der Waals surface area contributed by atoms with Crippen LogP contribution < -0.4 is 10.2 Å². The molecule has 1 amide bonds. The molecule has 0 aliphatic heterocycles. The van der Waals surface area contributed by atoms with Crippen LogP contribution in [0.15, 0.2) is 53.6 Å². The summed E-state index contributed by atoms with van der Waals surface area (Å²) < 4.78 is 5.63. The van der Waals surface area contributed by atoms with Gasteiger partial charge in [0.25, 0.3) is 11.6 Å². The average molecular weight is 369 g/mol. The van der Waals surface area contributed by atoms with E-state index in [1.807, 2.05) is 0 Å². The van der Waals surface area contributed by atoms with Crippen molar-refractivity contribution in [2.75, 3.05) is 6.61 Å². The van der Waals surface area contributed by atoms with Gasteiger partial charge in [0, 0.05) is 17.7 Å². The first kappa shape index (κ1) is 20.1. The predicted octanol–water partition coefficient (Wildman–Crippen LogP) is 4.17. The third-order valence-electron chi connectivity index (χ3n) is 3.90. The normalized spacial score (nSPS) is 11.3. The van der Waals surface area contributed by atoms with Crippen LogP contribution in [0.1, 0.15) is 43.1 Å². The smallest absolute Gasteiger partial charge is 0.271 e. The van der Waals surface area contributed by atoms with Gasteiger partial charge in [-0.3, -0.25) is 14.9 Å². The molecule has 0 spiro atoms. The fraction of sp³-hybridized carbons (Fsp3) is 0.300. The van der Waals surface area contributed by atoms with Gasteiger partial charge in [-0.2, -0.15) is 5.10 Å². The highest BCUT2D eigenvalue weighted by Gasteiger charge is 2.08. The number of nitrogens with zero attached hydrogens (tertiary/aromatic N) is 2. The molecule has 0 radical (unpaired) electrons. The molecule has 0 aliphatic carbocycles. The van der Waals surface area contributed by atoms with E-state index in [1.165, 1.54) is 12.1 Å². The number of rotatable bonds is 8. The Bertz CT molecular complexity index is 812. The van der Waals surface area contributed by atoms with Crippen molar-refractivity contribution >= 4 is 17.3 Å². The Morgan fingerprint density at radius 3 is 2.26 bits per heavy atom. The van der Waals surface area contributed by atoms with E-state index >= 15 is 0 Å². The van der Waals surface area contributed by atoms with Crippen LogP contribution >= 0.6 is 0 Å². The number of non-ortho nitro benzene ring substituents is 1. The number of ether oxygens (including phenoxy) is 1. The molecule has 0 bridgehead atoms. The number of carbonyl (C=O) groups excluding carboxylic acids is 1. The van der Waals surface area contributed by atoms with Crippen molar-refractivity contribution in [1.29, 1.82) is 0 Å². The van der Waals surface area contributed by atoms with Crippen LogP contribution in [0.3, 0.4) is 0 Å². The van der Waals surface area contributed by atoms with Gasteiger partial charge < -0.3 is 4.74 Å². The maximum atomic E-state index is 12.2. The number of hydrazone groups is 1. The summed E-state index contributed by atoms with van der Waals surface area (Å²) in [6.07, 6.45) is 0.971. The maximum Gasteiger partial charge on any atom is 0.271 e. The number of carbonyl (C=O) groups is 1. The van der Waals surface area contributed by atoms with E-state index in [4.69, 9.17) is 4.74 Å². The zero-order valence-electron chi connectivity index (χ0n) is 15.6. The van der Waals surface area contributed by atoms with Crippen molar-refractivity contribution in [2.24, 2.45) is 11.0 Å². The molecule has 7 heteroatoms. The molecule has 0 fully saturated rings. The van der Waals surface area contributed by atoms with E-state index in [1.54, 1.807) is 43.3 Å². The van der Waals surface area contributed by atoms with Gasteiger partial charge >= 0.3 is 0 Å². The van der Waals surface area contributed by atoms with Crippen molar-refractivity contribution in [3.05, 3.63) is 69.8 Å². The molecule has 7 nitrogen and oxygen atoms in total. The SMILES string of the molecule is C/C(=N\NC(=O)c1ccc(OCCC(C)C)cc1)c1ccc([N+](=O)[O-])cc1. The van der Waals surface area contributed by atoms with E-state index in [0.717, 1.165) is 12.2 Å². The molecular weight excluding hydrogens is 346 g/mol. The number of hydrogen-bond donors (Lipinski definition) is 1. The Morgan fingerprint density at radius 1 is 1.11 bits per heavy atom. The van der Waals surface area contributed by atoms with Gasteiger partial charge in [0.15, 0.2) is 0 Å². The Morgan fingerprint density at radius 2 is 1.70 bits per heavy atom. The summed E-state index contributed by atoms with van der Waals surface area (Å²) in [5, 5.41) is 14.7. The van der Waals surface area contributed by atoms with Crippen LogP contribution in [-0.2, 0) is 0 Å². The molecule has 0 aliphatic rings. The quantitative estimate of drug-likeness (QED) is 0.429. The lowest BCUT2D eigenvalue weighted by molar-refractivity contribution is -0.384. The molecule has 2 aromatic carbocycles. The fourth-order valence-corrected chi connectivity index (χ4v) is 2.20. The van der Waals surface area contributed by atoms with Gasteiger partial charge in [0.05, 0.1) is 17.2 Å². The van der Waals surface area contributed by atoms with Gasteiger partial charge in [-0.15, -0.1) is 0 Å². The lowest BCUT2D eigenvalue weighted by Gasteiger charge is -2.08. The fourth-order valence-electron chi connectivity index (χ4n) is 2.20. The third kappa shape index (κ3) is 6.22. The largest absolute Gasteiger partial charge is 0.494 e. The molecule has 0 unspecified atom stereocenters. The van der Waals surface area contributed by atoms with Crippen molar-refractivity contribution in [3.63, 3.8) is 0 Å². The summed E-state index contributed by atoms with van der Waals surface area (Å²) >= 11 is 0. The Balaban J connectivity index is 1.93. The summed E-state index contributed by atoms with van der Waals surface area (Å²) in [7, 11) is 0. The van der Waals surface area contributed by atoms with Crippen LogP contribution in [-0.4, -0.2) is 23.1 Å². The lowest BCUT2D eigenvalue weighted by Crippen LogP contribution is -2.19. The first-order valence-corrected chi connectivity index (χ1v) is 8.69. The molecule has 2 aromatic rings. The highest BCUT2D eigenvalue weighted by Crippen LogP contribution is 2.14. The van der Waals surface area contributed by atoms with Crippen molar-refractivity contribution in [1.82, 2.24) is 5.43 Å². The molecule has 0 saturated heterocycles. The molecule has 27 heavy (non-hydrogen) atoms. The van der Waals surface area contributed by atoms with Crippen LogP contribution in [0.5, 0.6) is 5.75 Å². The summed E-state index contributed by atoms with van der Waals surface area (Å²) in [5.41, 5.74) is 4.19. The maximum absolute atomic E-state index is 12.2. The summed E-state index contributed by atoms with van der Waals surface area (Å²) in [6, 6.07) is 12.8. The molecular formula is C20H23N3O4. The van der Waals surface area contributed by atoms with Gasteiger partial charge in [0.1, 0.15) is 5.75 Å². The number of nitrogens with one attached hydrogen (secondary N) is 1. The minimum absolute atomic E-state index is 0.00582. The highest BCUT2D eigenvalue weighted by molar-refractivity contribution is 6.01. The summed E-state index contributed by atoms with van der Waals surface area (Å²) in [6.45, 7) is 6.63. The van der Waals surface area contributed by atoms with Crippen molar-refractivity contribution in [3.8, 4) is 5.75 Å². The lowest BCUT2D eigenvalue weighted by atomic mass is 10.1. The molecule has 2 rings (SSSR count). The number of benzene rings is 2. The molecule has 1 N–H and O–H groups in total. The van der Waals surface area contributed by atoms with Crippen LogP contribution in [0.4, 0.5) is 5.69 Å². The molecule has 0 saturated carbocycles. The standard InChI is InChI=1S/C20H23N3O4/c1-14(2)12-13-27-19-10-6-17(7-11-19)20(24)22-21-15(3)16-4-8-18(9-5-16)23(25)26/h4-11,14H,12-13H2,1-3H3,(H,22,24)/b21-15+. The Labute approximate surface area is 158 Å². The van der Waals surface area contributed by atoms with E-state index < -0.39 is 4.92 Å². The van der Waals surface area contributed by atoms with E-state index in [9.17, 15) is 14.9 Å². The molecule has 142 valence electrons. The average Bonchev–Trinajstić information content (AvgIpc) is 2.66. The minimum atomic E-state index is -0.464. The first-order valence-electron chi connectivity index (χ1n) is 8.69.